The lowest BCUT2D eigenvalue weighted by Crippen LogP contribution is -2.13. The molecular weight excluding hydrogens is 230 g/mol. The van der Waals surface area contributed by atoms with E-state index in [4.69, 9.17) is 5.26 Å². The third-order valence-corrected chi connectivity index (χ3v) is 4.38. The summed E-state index contributed by atoms with van der Waals surface area (Å²) in [7, 11) is 0. The Hall–Kier alpha value is -1.55. The summed E-state index contributed by atoms with van der Waals surface area (Å²) in [6.45, 7) is 3.79. The second kappa shape index (κ2) is 7.14. The third kappa shape index (κ3) is 3.96. The molecule has 1 fully saturated rings. The monoisotopic (exact) mass is 253 g/mol. The summed E-state index contributed by atoms with van der Waals surface area (Å²) in [6, 6.07) is 10.4. The van der Waals surface area contributed by atoms with Crippen molar-refractivity contribution in [1.29, 1.82) is 5.26 Å². The molecule has 0 atom stereocenters. The van der Waals surface area contributed by atoms with Crippen molar-refractivity contribution >= 4 is 0 Å². The van der Waals surface area contributed by atoms with Gasteiger partial charge >= 0.3 is 0 Å². The molecule has 0 saturated heterocycles. The molecule has 0 amide bonds. The van der Waals surface area contributed by atoms with Gasteiger partial charge in [-0.05, 0) is 68.1 Å². The Balaban J connectivity index is 1.82. The van der Waals surface area contributed by atoms with Gasteiger partial charge in [-0.3, -0.25) is 0 Å². The van der Waals surface area contributed by atoms with Crippen LogP contribution in [0, 0.1) is 17.2 Å². The molecule has 0 N–H and O–H groups in total. The van der Waals surface area contributed by atoms with Crippen LogP contribution in [-0.4, -0.2) is 0 Å². The zero-order valence-corrected chi connectivity index (χ0v) is 11.6. The van der Waals surface area contributed by atoms with E-state index < -0.39 is 0 Å². The van der Waals surface area contributed by atoms with Gasteiger partial charge in [-0.1, -0.05) is 24.6 Å². The molecule has 1 aromatic carbocycles. The van der Waals surface area contributed by atoms with Gasteiger partial charge in [0, 0.05) is 0 Å². The summed E-state index contributed by atoms with van der Waals surface area (Å²) >= 11 is 0. The highest BCUT2D eigenvalue weighted by Gasteiger charge is 2.21. The number of benzene rings is 1. The van der Waals surface area contributed by atoms with Crippen molar-refractivity contribution in [2.24, 2.45) is 5.92 Å². The van der Waals surface area contributed by atoms with Crippen LogP contribution in [0.2, 0.25) is 0 Å². The highest BCUT2D eigenvalue weighted by atomic mass is 14.3. The van der Waals surface area contributed by atoms with Crippen LogP contribution in [0.1, 0.15) is 62.0 Å². The molecule has 19 heavy (non-hydrogen) atoms. The van der Waals surface area contributed by atoms with Crippen LogP contribution in [0.3, 0.4) is 0 Å². The molecule has 0 unspecified atom stereocenters. The smallest absolute Gasteiger partial charge is 0.0991 e. The Morgan fingerprint density at radius 1 is 1.16 bits per heavy atom. The number of nitrogens with zero attached hydrogens (tertiary/aromatic N) is 1. The lowest BCUT2D eigenvalue weighted by atomic mass is 9.77. The van der Waals surface area contributed by atoms with Gasteiger partial charge in [0.15, 0.2) is 0 Å². The molecule has 0 spiro atoms. The van der Waals surface area contributed by atoms with E-state index in [0.717, 1.165) is 17.9 Å². The molecule has 0 heterocycles. The average molecular weight is 253 g/mol. The molecule has 0 bridgehead atoms. The fourth-order valence-electron chi connectivity index (χ4n) is 3.17. The SMILES string of the molecule is C=CCCCC1CCC(c2ccc(C#N)cc2)CC1. The van der Waals surface area contributed by atoms with E-state index in [2.05, 4.69) is 24.8 Å². The Bertz CT molecular complexity index is 430. The minimum atomic E-state index is 0.711. The zero-order chi connectivity index (χ0) is 13.5. The molecular formula is C18H23N. The number of nitriles is 1. The van der Waals surface area contributed by atoms with Gasteiger partial charge in [-0.15, -0.1) is 6.58 Å². The Labute approximate surface area is 117 Å². The van der Waals surface area contributed by atoms with Crippen molar-refractivity contribution in [1.82, 2.24) is 0 Å². The molecule has 1 heteroatoms. The quantitative estimate of drug-likeness (QED) is 0.523. The van der Waals surface area contributed by atoms with Gasteiger partial charge in [-0.25, -0.2) is 0 Å². The standard InChI is InChI=1S/C18H23N/c1-2-3-4-5-15-6-10-17(11-7-15)18-12-8-16(14-19)9-13-18/h2,8-9,12-13,15,17H,1,3-7,10-11H2. The molecule has 1 saturated carbocycles. The maximum atomic E-state index is 8.82. The first kappa shape index (κ1) is 13.9. The van der Waals surface area contributed by atoms with E-state index in [9.17, 15) is 0 Å². The Morgan fingerprint density at radius 3 is 2.42 bits per heavy atom. The molecule has 100 valence electrons. The van der Waals surface area contributed by atoms with Crippen molar-refractivity contribution in [3.05, 3.63) is 48.0 Å². The maximum Gasteiger partial charge on any atom is 0.0991 e. The molecule has 2 rings (SSSR count). The molecule has 1 aliphatic carbocycles. The lowest BCUT2D eigenvalue weighted by Gasteiger charge is -2.28. The normalized spacial score (nSPS) is 22.7. The maximum absolute atomic E-state index is 8.82. The fraction of sp³-hybridized carbons (Fsp3) is 0.500. The van der Waals surface area contributed by atoms with Crippen molar-refractivity contribution in [3.8, 4) is 6.07 Å². The first-order valence-electron chi connectivity index (χ1n) is 7.44. The van der Waals surface area contributed by atoms with Crippen LogP contribution >= 0.6 is 0 Å². The van der Waals surface area contributed by atoms with Gasteiger partial charge in [0.25, 0.3) is 0 Å². The summed E-state index contributed by atoms with van der Waals surface area (Å²) in [5.41, 5.74) is 2.19. The first-order valence-corrected chi connectivity index (χ1v) is 7.44. The Kier molecular flexibility index (Phi) is 5.21. The first-order chi connectivity index (χ1) is 9.33. The predicted octanol–water partition coefficient (Wildman–Crippen LogP) is 5.19. The summed E-state index contributed by atoms with van der Waals surface area (Å²) in [4.78, 5) is 0. The number of hydrogen-bond acceptors (Lipinski definition) is 1. The molecule has 1 aliphatic rings. The third-order valence-electron chi connectivity index (χ3n) is 4.38. The van der Waals surface area contributed by atoms with E-state index in [1.165, 1.54) is 44.1 Å². The molecule has 1 nitrogen and oxygen atoms in total. The highest BCUT2D eigenvalue weighted by molar-refractivity contribution is 5.33. The van der Waals surface area contributed by atoms with Crippen LogP contribution in [0.15, 0.2) is 36.9 Å². The average Bonchev–Trinajstić information content (AvgIpc) is 2.48. The summed E-state index contributed by atoms with van der Waals surface area (Å²) < 4.78 is 0. The molecule has 0 aromatic heterocycles. The van der Waals surface area contributed by atoms with Crippen LogP contribution in [0.4, 0.5) is 0 Å². The van der Waals surface area contributed by atoms with Gasteiger partial charge in [-0.2, -0.15) is 5.26 Å². The van der Waals surface area contributed by atoms with E-state index in [1.807, 2.05) is 18.2 Å². The van der Waals surface area contributed by atoms with Crippen LogP contribution in [0.5, 0.6) is 0 Å². The van der Waals surface area contributed by atoms with E-state index in [-0.39, 0.29) is 0 Å². The minimum Gasteiger partial charge on any atom is -0.192 e. The molecule has 1 aromatic rings. The Morgan fingerprint density at radius 2 is 1.84 bits per heavy atom. The van der Waals surface area contributed by atoms with Gasteiger partial charge in [0.1, 0.15) is 0 Å². The minimum absolute atomic E-state index is 0.711. The van der Waals surface area contributed by atoms with E-state index in [0.29, 0.717) is 5.92 Å². The fourth-order valence-corrected chi connectivity index (χ4v) is 3.17. The number of unbranched alkanes of at least 4 members (excludes halogenated alkanes) is 1. The van der Waals surface area contributed by atoms with E-state index >= 15 is 0 Å². The lowest BCUT2D eigenvalue weighted by molar-refractivity contribution is 0.305. The van der Waals surface area contributed by atoms with Gasteiger partial charge in [0.2, 0.25) is 0 Å². The van der Waals surface area contributed by atoms with Crippen molar-refractivity contribution in [3.63, 3.8) is 0 Å². The van der Waals surface area contributed by atoms with Crippen molar-refractivity contribution in [2.45, 2.75) is 50.9 Å². The number of allylic oxidation sites excluding steroid dienone is 1. The van der Waals surface area contributed by atoms with Crippen LogP contribution in [-0.2, 0) is 0 Å². The zero-order valence-electron chi connectivity index (χ0n) is 11.6. The van der Waals surface area contributed by atoms with Crippen molar-refractivity contribution < 1.29 is 0 Å². The summed E-state index contributed by atoms with van der Waals surface area (Å²) in [5, 5.41) is 8.82. The number of rotatable bonds is 5. The highest BCUT2D eigenvalue weighted by Crippen LogP contribution is 2.37. The topological polar surface area (TPSA) is 23.8 Å². The summed E-state index contributed by atoms with van der Waals surface area (Å²) in [6.07, 6.45) is 11.2. The largest absolute Gasteiger partial charge is 0.192 e. The van der Waals surface area contributed by atoms with Crippen LogP contribution in [0.25, 0.3) is 0 Å². The van der Waals surface area contributed by atoms with E-state index in [1.54, 1.807) is 0 Å². The second-order valence-corrected chi connectivity index (χ2v) is 5.67. The van der Waals surface area contributed by atoms with Gasteiger partial charge < -0.3 is 0 Å². The second-order valence-electron chi connectivity index (χ2n) is 5.67. The summed E-state index contributed by atoms with van der Waals surface area (Å²) in [5.74, 6) is 1.64. The van der Waals surface area contributed by atoms with Crippen molar-refractivity contribution in [2.75, 3.05) is 0 Å². The molecule has 0 aliphatic heterocycles. The predicted molar refractivity (Wildman–Crippen MR) is 79.9 cm³/mol. The van der Waals surface area contributed by atoms with Crippen LogP contribution < -0.4 is 0 Å². The van der Waals surface area contributed by atoms with Gasteiger partial charge in [0.05, 0.1) is 11.6 Å². The number of hydrogen-bond donors (Lipinski definition) is 0. The molecule has 0 radical (unpaired) electrons.